The van der Waals surface area contributed by atoms with Crippen molar-refractivity contribution in [2.24, 2.45) is 0 Å². The number of hydrogen-bond acceptors (Lipinski definition) is 6. The Morgan fingerprint density at radius 2 is 2.32 bits per heavy atom. The van der Waals surface area contributed by atoms with E-state index < -0.39 is 0 Å². The molecule has 8 heteroatoms. The number of nitrogens with one attached hydrogen (secondary N) is 1. The van der Waals surface area contributed by atoms with E-state index in [2.05, 4.69) is 25.2 Å². The van der Waals surface area contributed by atoms with Gasteiger partial charge in [-0.15, -0.1) is 10.2 Å². The number of nitrogens with zero attached hydrogens (tertiary/aromatic N) is 4. The number of carbonyl (C=O) groups is 1. The van der Waals surface area contributed by atoms with Crippen LogP contribution in [0, 0.1) is 6.92 Å². The van der Waals surface area contributed by atoms with Gasteiger partial charge in [-0.1, -0.05) is 6.42 Å². The lowest BCUT2D eigenvalue weighted by Crippen LogP contribution is -2.29. The summed E-state index contributed by atoms with van der Waals surface area (Å²) in [5.74, 6) is 2.52. The molecule has 0 spiro atoms. The monoisotopic (exact) mass is 305 g/mol. The molecule has 0 radical (unpaired) electrons. The molecule has 2 aromatic heterocycles. The van der Waals surface area contributed by atoms with E-state index in [1.165, 1.54) is 6.42 Å². The number of hydrogen-bond donors (Lipinski definition) is 1. The van der Waals surface area contributed by atoms with Gasteiger partial charge in [-0.3, -0.25) is 4.79 Å². The van der Waals surface area contributed by atoms with Gasteiger partial charge in [-0.25, -0.2) is 0 Å². The fraction of sp³-hybridized carbons (Fsp3) is 0.571. The van der Waals surface area contributed by atoms with Gasteiger partial charge >= 0.3 is 0 Å². The predicted molar refractivity (Wildman–Crippen MR) is 76.2 cm³/mol. The molecule has 1 aliphatic heterocycles. The molecule has 1 N–H and O–H groups in total. The van der Waals surface area contributed by atoms with Gasteiger partial charge in [0.15, 0.2) is 12.4 Å². The van der Waals surface area contributed by atoms with E-state index in [4.69, 9.17) is 9.26 Å². The Hall–Kier alpha value is -2.38. The molecule has 0 unspecified atom stereocenters. The van der Waals surface area contributed by atoms with E-state index in [1.54, 1.807) is 13.0 Å². The molecule has 118 valence electrons. The van der Waals surface area contributed by atoms with E-state index in [1.807, 2.05) is 0 Å². The fourth-order valence-electron chi connectivity index (χ4n) is 2.46. The standard InChI is InChI=1S/C14H19N5O3/c1-10-7-14(18-22-10)21-9-13(20)15-8-12-17-16-11-5-3-2-4-6-19(11)12/h7H,2-6,8-9H2,1H3,(H,15,20). The first-order valence-corrected chi connectivity index (χ1v) is 7.46. The molecule has 1 amide bonds. The second kappa shape index (κ2) is 6.59. The second-order valence-corrected chi connectivity index (χ2v) is 5.34. The first kappa shape index (κ1) is 14.6. The summed E-state index contributed by atoms with van der Waals surface area (Å²) >= 11 is 0. The molecule has 0 aliphatic carbocycles. The van der Waals surface area contributed by atoms with Gasteiger partial charge in [-0.05, 0) is 24.9 Å². The average molecular weight is 305 g/mol. The predicted octanol–water partition coefficient (Wildman–Crippen LogP) is 0.996. The first-order valence-electron chi connectivity index (χ1n) is 7.46. The Bertz CT molecular complexity index is 649. The van der Waals surface area contributed by atoms with Crippen LogP contribution in [0.15, 0.2) is 10.6 Å². The van der Waals surface area contributed by atoms with Crippen molar-refractivity contribution in [1.82, 2.24) is 25.2 Å². The quantitative estimate of drug-likeness (QED) is 0.885. The molecule has 8 nitrogen and oxygen atoms in total. The summed E-state index contributed by atoms with van der Waals surface area (Å²) in [6, 6.07) is 1.63. The Kier molecular flexibility index (Phi) is 4.36. The molecule has 0 fully saturated rings. The van der Waals surface area contributed by atoms with Crippen LogP contribution in [0.25, 0.3) is 0 Å². The van der Waals surface area contributed by atoms with Crippen molar-refractivity contribution in [3.63, 3.8) is 0 Å². The average Bonchev–Trinajstić information content (AvgIpc) is 3.02. The van der Waals surface area contributed by atoms with Crippen molar-refractivity contribution in [2.75, 3.05) is 6.61 Å². The smallest absolute Gasteiger partial charge is 0.258 e. The molecule has 3 heterocycles. The third-order valence-electron chi connectivity index (χ3n) is 3.59. The number of carbonyl (C=O) groups excluding carboxylic acids is 1. The number of ether oxygens (including phenoxy) is 1. The van der Waals surface area contributed by atoms with Gasteiger partial charge in [0.1, 0.15) is 11.6 Å². The fourth-order valence-corrected chi connectivity index (χ4v) is 2.46. The molecule has 2 aromatic rings. The number of aromatic nitrogens is 4. The van der Waals surface area contributed by atoms with Gasteiger partial charge in [0.25, 0.3) is 11.8 Å². The van der Waals surface area contributed by atoms with E-state index in [-0.39, 0.29) is 12.5 Å². The van der Waals surface area contributed by atoms with Crippen LogP contribution >= 0.6 is 0 Å². The van der Waals surface area contributed by atoms with E-state index in [9.17, 15) is 4.79 Å². The van der Waals surface area contributed by atoms with E-state index in [0.717, 1.165) is 37.5 Å². The normalized spacial score (nSPS) is 14.2. The lowest BCUT2D eigenvalue weighted by molar-refractivity contribution is -0.123. The molecular weight excluding hydrogens is 286 g/mol. The van der Waals surface area contributed by atoms with Gasteiger partial charge in [0.2, 0.25) is 0 Å². The maximum absolute atomic E-state index is 11.8. The van der Waals surface area contributed by atoms with Crippen LogP contribution in [0.4, 0.5) is 0 Å². The van der Waals surface area contributed by atoms with Crippen molar-refractivity contribution in [1.29, 1.82) is 0 Å². The van der Waals surface area contributed by atoms with Crippen LogP contribution in [0.1, 0.15) is 36.7 Å². The molecule has 1 aliphatic rings. The molecule has 0 saturated carbocycles. The largest absolute Gasteiger partial charge is 0.465 e. The lowest BCUT2D eigenvalue weighted by atomic mass is 10.2. The number of amides is 1. The highest BCUT2D eigenvalue weighted by molar-refractivity contribution is 5.77. The summed E-state index contributed by atoms with van der Waals surface area (Å²) in [4.78, 5) is 11.8. The van der Waals surface area contributed by atoms with Crippen molar-refractivity contribution in [2.45, 2.75) is 45.7 Å². The summed E-state index contributed by atoms with van der Waals surface area (Å²) in [5, 5.41) is 14.8. The summed E-state index contributed by atoms with van der Waals surface area (Å²) in [5.41, 5.74) is 0. The van der Waals surface area contributed by atoms with Crippen LogP contribution in [0.3, 0.4) is 0 Å². The van der Waals surface area contributed by atoms with Gasteiger partial charge in [0, 0.05) is 19.0 Å². The van der Waals surface area contributed by atoms with Crippen molar-refractivity contribution < 1.29 is 14.1 Å². The third kappa shape index (κ3) is 3.44. The molecule has 0 bridgehead atoms. The number of aryl methyl sites for hydroxylation is 2. The lowest BCUT2D eigenvalue weighted by Gasteiger charge is -2.08. The summed E-state index contributed by atoms with van der Waals surface area (Å²) in [7, 11) is 0. The number of rotatable bonds is 5. The van der Waals surface area contributed by atoms with Crippen LogP contribution in [0.2, 0.25) is 0 Å². The zero-order chi connectivity index (χ0) is 15.4. The first-order chi connectivity index (χ1) is 10.7. The minimum Gasteiger partial charge on any atom is -0.465 e. The van der Waals surface area contributed by atoms with Crippen LogP contribution in [-0.2, 0) is 24.3 Å². The van der Waals surface area contributed by atoms with Gasteiger partial charge in [0.05, 0.1) is 6.54 Å². The number of fused-ring (bicyclic) bond motifs is 1. The second-order valence-electron chi connectivity index (χ2n) is 5.34. The van der Waals surface area contributed by atoms with Crippen molar-refractivity contribution in [3.05, 3.63) is 23.5 Å². The van der Waals surface area contributed by atoms with Gasteiger partial charge in [-0.2, -0.15) is 0 Å². The summed E-state index contributed by atoms with van der Waals surface area (Å²) in [6.45, 7) is 2.93. The Morgan fingerprint density at radius 3 is 3.14 bits per heavy atom. The summed E-state index contributed by atoms with van der Waals surface area (Å²) in [6.07, 6.45) is 4.44. The van der Waals surface area contributed by atoms with E-state index in [0.29, 0.717) is 18.2 Å². The highest BCUT2D eigenvalue weighted by Gasteiger charge is 2.15. The van der Waals surface area contributed by atoms with Crippen molar-refractivity contribution >= 4 is 5.91 Å². The molecule has 0 atom stereocenters. The Balaban J connectivity index is 1.50. The minimum absolute atomic E-state index is 0.104. The summed E-state index contributed by atoms with van der Waals surface area (Å²) < 4.78 is 12.2. The SMILES string of the molecule is Cc1cc(OCC(=O)NCc2nnc3n2CCCCC3)no1. The molecular formula is C14H19N5O3. The Labute approximate surface area is 127 Å². The van der Waals surface area contributed by atoms with E-state index >= 15 is 0 Å². The minimum atomic E-state index is -0.230. The van der Waals surface area contributed by atoms with Crippen LogP contribution < -0.4 is 10.1 Å². The zero-order valence-electron chi connectivity index (χ0n) is 12.5. The van der Waals surface area contributed by atoms with Crippen molar-refractivity contribution in [3.8, 4) is 5.88 Å². The highest BCUT2D eigenvalue weighted by atomic mass is 16.5. The van der Waals surface area contributed by atoms with Crippen LogP contribution in [-0.4, -0.2) is 32.4 Å². The topological polar surface area (TPSA) is 95.1 Å². The third-order valence-corrected chi connectivity index (χ3v) is 3.59. The molecule has 0 saturated heterocycles. The zero-order valence-corrected chi connectivity index (χ0v) is 12.5. The molecule has 3 rings (SSSR count). The highest BCUT2D eigenvalue weighted by Crippen LogP contribution is 2.14. The van der Waals surface area contributed by atoms with Gasteiger partial charge < -0.3 is 19.1 Å². The maximum atomic E-state index is 11.8. The molecule has 22 heavy (non-hydrogen) atoms. The molecule has 0 aromatic carbocycles. The Morgan fingerprint density at radius 1 is 1.41 bits per heavy atom. The maximum Gasteiger partial charge on any atom is 0.258 e. The van der Waals surface area contributed by atoms with Crippen LogP contribution in [0.5, 0.6) is 5.88 Å².